The van der Waals surface area contributed by atoms with Crippen molar-refractivity contribution >= 4 is 22.7 Å². The summed E-state index contributed by atoms with van der Waals surface area (Å²) in [6, 6.07) is 20.7. The minimum absolute atomic E-state index is 0.528. The van der Waals surface area contributed by atoms with Gasteiger partial charge in [0.1, 0.15) is 11.9 Å². The Labute approximate surface area is 164 Å². The topological polar surface area (TPSA) is 57.4 Å². The Balaban J connectivity index is 1.82. The van der Waals surface area contributed by atoms with Crippen LogP contribution in [0.2, 0.25) is 0 Å². The van der Waals surface area contributed by atoms with Crippen LogP contribution >= 0.6 is 0 Å². The fourth-order valence-electron chi connectivity index (χ4n) is 3.72. The van der Waals surface area contributed by atoms with Gasteiger partial charge in [-0.25, -0.2) is 4.98 Å². The summed E-state index contributed by atoms with van der Waals surface area (Å²) in [5.41, 5.74) is 8.11. The molecule has 138 valence electrons. The number of aromatic amines is 1. The maximum absolute atomic E-state index is 9.75. The largest absolute Gasteiger partial charge is 0.337 e. The van der Waals surface area contributed by atoms with Gasteiger partial charge in [0.15, 0.2) is 0 Å². The zero-order chi connectivity index (χ0) is 19.7. The van der Waals surface area contributed by atoms with Crippen LogP contribution in [-0.2, 0) is 6.42 Å². The van der Waals surface area contributed by atoms with Crippen LogP contribution in [0, 0.1) is 25.2 Å². The third-order valence-corrected chi connectivity index (χ3v) is 5.15. The van der Waals surface area contributed by atoms with Gasteiger partial charge >= 0.3 is 0 Å². The lowest BCUT2D eigenvalue weighted by Crippen LogP contribution is -2.02. The first-order valence-corrected chi connectivity index (χ1v) is 9.46. The predicted octanol–water partition coefficient (Wildman–Crippen LogP) is 5.60. The molecule has 2 aromatic heterocycles. The van der Waals surface area contributed by atoms with E-state index in [1.807, 2.05) is 30.3 Å². The average molecular weight is 366 g/mol. The predicted molar refractivity (Wildman–Crippen MR) is 114 cm³/mol. The first kappa shape index (κ1) is 17.8. The second-order valence-electron chi connectivity index (χ2n) is 6.92. The van der Waals surface area contributed by atoms with E-state index in [1.54, 1.807) is 0 Å². The van der Waals surface area contributed by atoms with E-state index in [0.717, 1.165) is 34.4 Å². The fourth-order valence-corrected chi connectivity index (χ4v) is 3.72. The number of nitrogens with zero attached hydrogens (tertiary/aromatic N) is 3. The number of imidazole rings is 1. The maximum Gasteiger partial charge on any atom is 0.149 e. The molecule has 0 spiro atoms. The summed E-state index contributed by atoms with van der Waals surface area (Å²) in [4.78, 5) is 7.82. The molecule has 0 amide bonds. The first-order valence-electron chi connectivity index (χ1n) is 9.46. The molecule has 0 fully saturated rings. The Morgan fingerprint density at radius 2 is 1.89 bits per heavy atom. The van der Waals surface area contributed by atoms with Crippen LogP contribution in [0.15, 0.2) is 54.6 Å². The second kappa shape index (κ2) is 7.21. The normalized spacial score (nSPS) is 11.7. The zero-order valence-corrected chi connectivity index (χ0v) is 16.3. The standard InChI is InChI=1S/C24H22N4/c1-4-18-9-5-8-12-23(18)28-16(2)13-19(17(28)3)14-20(15-25)24-26-21-10-6-7-11-22(21)27-24/h5-14H,4H2,1-3H3,(H,26,27). The number of hydrogen-bond donors (Lipinski definition) is 1. The Kier molecular flexibility index (Phi) is 4.58. The van der Waals surface area contributed by atoms with Crippen molar-refractivity contribution in [2.75, 3.05) is 0 Å². The molecule has 0 aliphatic rings. The molecule has 4 heteroatoms. The highest BCUT2D eigenvalue weighted by molar-refractivity contribution is 5.90. The van der Waals surface area contributed by atoms with Gasteiger partial charge in [-0.15, -0.1) is 0 Å². The third-order valence-electron chi connectivity index (χ3n) is 5.15. The number of benzene rings is 2. The summed E-state index contributed by atoms with van der Waals surface area (Å²) in [6.45, 7) is 6.37. The van der Waals surface area contributed by atoms with Crippen molar-refractivity contribution in [1.82, 2.24) is 14.5 Å². The summed E-state index contributed by atoms with van der Waals surface area (Å²) in [7, 11) is 0. The lowest BCUT2D eigenvalue weighted by molar-refractivity contribution is 0.936. The number of aryl methyl sites for hydroxylation is 2. The molecule has 0 saturated carbocycles. The van der Waals surface area contributed by atoms with Crippen molar-refractivity contribution in [2.24, 2.45) is 0 Å². The summed E-state index contributed by atoms with van der Waals surface area (Å²) < 4.78 is 2.26. The van der Waals surface area contributed by atoms with E-state index in [9.17, 15) is 5.26 Å². The molecule has 28 heavy (non-hydrogen) atoms. The van der Waals surface area contributed by atoms with Crippen molar-refractivity contribution in [2.45, 2.75) is 27.2 Å². The Morgan fingerprint density at radius 3 is 2.64 bits per heavy atom. The summed E-state index contributed by atoms with van der Waals surface area (Å²) >= 11 is 0. The molecule has 4 nitrogen and oxygen atoms in total. The molecule has 0 atom stereocenters. The van der Waals surface area contributed by atoms with Crippen molar-refractivity contribution < 1.29 is 0 Å². The molecule has 4 rings (SSSR count). The minimum Gasteiger partial charge on any atom is -0.337 e. The number of fused-ring (bicyclic) bond motifs is 1. The van der Waals surface area contributed by atoms with E-state index < -0.39 is 0 Å². The summed E-state index contributed by atoms with van der Waals surface area (Å²) in [5, 5.41) is 9.75. The number of rotatable bonds is 4. The van der Waals surface area contributed by atoms with Gasteiger partial charge < -0.3 is 9.55 Å². The highest BCUT2D eigenvalue weighted by Crippen LogP contribution is 2.27. The van der Waals surface area contributed by atoms with Crippen LogP contribution in [0.5, 0.6) is 0 Å². The molecule has 4 aromatic rings. The van der Waals surface area contributed by atoms with Gasteiger partial charge in [-0.05, 0) is 61.7 Å². The molecular formula is C24H22N4. The van der Waals surface area contributed by atoms with Gasteiger partial charge in [-0.3, -0.25) is 0 Å². The van der Waals surface area contributed by atoms with E-state index in [1.165, 1.54) is 11.3 Å². The third kappa shape index (κ3) is 3.01. The Morgan fingerprint density at radius 1 is 1.14 bits per heavy atom. The van der Waals surface area contributed by atoms with Crippen LogP contribution in [0.25, 0.3) is 28.4 Å². The van der Waals surface area contributed by atoms with E-state index in [2.05, 4.69) is 71.7 Å². The van der Waals surface area contributed by atoms with Gasteiger partial charge in [0.2, 0.25) is 0 Å². The molecule has 0 aliphatic heterocycles. The van der Waals surface area contributed by atoms with Crippen LogP contribution in [0.3, 0.4) is 0 Å². The number of hydrogen-bond acceptors (Lipinski definition) is 2. The average Bonchev–Trinajstić information content (AvgIpc) is 3.26. The summed E-state index contributed by atoms with van der Waals surface area (Å²) in [6.07, 6.45) is 2.89. The number of para-hydroxylation sites is 3. The van der Waals surface area contributed by atoms with Gasteiger partial charge in [-0.1, -0.05) is 37.3 Å². The molecule has 2 aromatic carbocycles. The molecule has 0 bridgehead atoms. The molecule has 0 unspecified atom stereocenters. The lowest BCUT2D eigenvalue weighted by Gasteiger charge is -2.14. The smallest absolute Gasteiger partial charge is 0.149 e. The quantitative estimate of drug-likeness (QED) is 0.478. The van der Waals surface area contributed by atoms with Gasteiger partial charge in [-0.2, -0.15) is 5.26 Å². The van der Waals surface area contributed by atoms with Crippen molar-refractivity contribution in [1.29, 1.82) is 5.26 Å². The first-order chi connectivity index (χ1) is 13.6. The van der Waals surface area contributed by atoms with E-state index in [4.69, 9.17) is 0 Å². The van der Waals surface area contributed by atoms with Crippen LogP contribution in [0.4, 0.5) is 0 Å². The fraction of sp³-hybridized carbons (Fsp3) is 0.167. The molecule has 0 radical (unpaired) electrons. The Bertz CT molecular complexity index is 1200. The molecule has 2 heterocycles. The highest BCUT2D eigenvalue weighted by atomic mass is 15.0. The Hall–Kier alpha value is -3.58. The lowest BCUT2D eigenvalue weighted by atomic mass is 10.1. The molecule has 1 N–H and O–H groups in total. The molecule has 0 saturated heterocycles. The van der Waals surface area contributed by atoms with Gasteiger partial charge in [0, 0.05) is 17.1 Å². The molecule has 0 aliphatic carbocycles. The number of allylic oxidation sites excluding steroid dienone is 1. The number of nitriles is 1. The SMILES string of the molecule is CCc1ccccc1-n1c(C)cc(C=C(C#N)c2nc3ccccc3[nH]2)c1C. The van der Waals surface area contributed by atoms with Crippen molar-refractivity contribution in [3.63, 3.8) is 0 Å². The summed E-state index contributed by atoms with van der Waals surface area (Å²) in [5.74, 6) is 0.600. The van der Waals surface area contributed by atoms with E-state index in [-0.39, 0.29) is 0 Å². The van der Waals surface area contributed by atoms with E-state index in [0.29, 0.717) is 11.4 Å². The van der Waals surface area contributed by atoms with Crippen LogP contribution in [0.1, 0.15) is 35.3 Å². The van der Waals surface area contributed by atoms with Crippen molar-refractivity contribution in [3.8, 4) is 11.8 Å². The maximum atomic E-state index is 9.75. The second-order valence-corrected chi connectivity index (χ2v) is 6.92. The zero-order valence-electron chi connectivity index (χ0n) is 16.3. The van der Waals surface area contributed by atoms with Gasteiger partial charge in [0.05, 0.1) is 16.6 Å². The molecular weight excluding hydrogens is 344 g/mol. The number of aromatic nitrogens is 3. The monoisotopic (exact) mass is 366 g/mol. The minimum atomic E-state index is 0.528. The van der Waals surface area contributed by atoms with Crippen LogP contribution < -0.4 is 0 Å². The van der Waals surface area contributed by atoms with Crippen LogP contribution in [-0.4, -0.2) is 14.5 Å². The number of nitrogens with one attached hydrogen (secondary N) is 1. The van der Waals surface area contributed by atoms with E-state index >= 15 is 0 Å². The highest BCUT2D eigenvalue weighted by Gasteiger charge is 2.14. The number of H-pyrrole nitrogens is 1. The van der Waals surface area contributed by atoms with Crippen molar-refractivity contribution in [3.05, 3.63) is 82.9 Å². The van der Waals surface area contributed by atoms with Gasteiger partial charge in [0.25, 0.3) is 0 Å².